The molecule has 16 nitrogen and oxygen atoms in total. The van der Waals surface area contributed by atoms with E-state index in [0.717, 1.165) is 34.9 Å². The molecule has 5 amide bonds. The Labute approximate surface area is 274 Å². The zero-order valence-electron chi connectivity index (χ0n) is 26.2. The fourth-order valence-corrected chi connectivity index (χ4v) is 5.87. The van der Waals surface area contributed by atoms with Crippen LogP contribution in [0.1, 0.15) is 55.4 Å². The zero-order chi connectivity index (χ0) is 34.4. The zero-order valence-corrected chi connectivity index (χ0v) is 26.2. The number of aliphatic carboxylic acids is 1. The minimum atomic E-state index is -1.27. The number of rotatable bonds is 12. The van der Waals surface area contributed by atoms with Gasteiger partial charge in [0.1, 0.15) is 17.9 Å². The van der Waals surface area contributed by atoms with Gasteiger partial charge < -0.3 is 40.3 Å². The van der Waals surface area contributed by atoms with Gasteiger partial charge in [-0.1, -0.05) is 6.07 Å². The summed E-state index contributed by atoms with van der Waals surface area (Å²) in [4.78, 5) is 79.4. The van der Waals surface area contributed by atoms with Crippen molar-refractivity contribution < 1.29 is 48.1 Å². The van der Waals surface area contributed by atoms with E-state index < -0.39 is 60.7 Å². The van der Waals surface area contributed by atoms with Crippen LogP contribution in [-0.2, 0) is 19.2 Å². The number of carbonyl (C=O) groups is 6. The monoisotopic (exact) mass is 671 g/mol. The average Bonchev–Trinajstić information content (AvgIpc) is 3.71. The van der Waals surface area contributed by atoms with Gasteiger partial charge in [0.2, 0.25) is 17.7 Å². The predicted octanol–water partition coefficient (Wildman–Crippen LogP) is 0.835. The maximum absolute atomic E-state index is 14.2. The number of carboxylic acid groups (broad SMARTS) is 2. The molecule has 2 aliphatic heterocycles. The molecule has 1 aromatic heterocycles. The molecule has 1 aliphatic carbocycles. The molecule has 5 rings (SSSR count). The number of nitrogens with zero attached hydrogens (tertiary/aromatic N) is 5. The number of aromatic nitrogens is 2. The first kappa shape index (κ1) is 34.1. The number of hydrogen-bond donors (Lipinski definition) is 4. The number of amides is 5. The Bertz CT molecular complexity index is 1550. The Morgan fingerprint density at radius 1 is 0.958 bits per heavy atom. The van der Waals surface area contributed by atoms with Gasteiger partial charge in [-0.3, -0.25) is 24.0 Å². The van der Waals surface area contributed by atoms with Crippen molar-refractivity contribution in [1.82, 2.24) is 35.1 Å². The molecule has 3 fully saturated rings. The van der Waals surface area contributed by atoms with E-state index in [-0.39, 0.29) is 61.8 Å². The van der Waals surface area contributed by atoms with Crippen molar-refractivity contribution >= 4 is 35.7 Å². The molecule has 1 saturated carbocycles. The van der Waals surface area contributed by atoms with Crippen LogP contribution in [0.4, 0.5) is 9.18 Å². The molecule has 2 saturated heterocycles. The number of nitrogens with one attached hydrogen (secondary N) is 2. The van der Waals surface area contributed by atoms with Gasteiger partial charge in [0.25, 0.3) is 11.8 Å². The van der Waals surface area contributed by atoms with Gasteiger partial charge >= 0.3 is 12.1 Å². The molecule has 3 aliphatic rings. The summed E-state index contributed by atoms with van der Waals surface area (Å²) in [6.45, 7) is 0.106. The van der Waals surface area contributed by atoms with Crippen LogP contribution in [0, 0.1) is 5.82 Å². The van der Waals surface area contributed by atoms with Crippen LogP contribution in [0.2, 0.25) is 0 Å². The highest BCUT2D eigenvalue weighted by atomic mass is 19.1. The van der Waals surface area contributed by atoms with Crippen LogP contribution in [0.3, 0.4) is 0 Å². The number of carbonyl (C=O) groups excluding carboxylic acids is 4. The molecule has 2 atom stereocenters. The Hall–Kier alpha value is -5.22. The number of benzene rings is 1. The third kappa shape index (κ3) is 8.19. The van der Waals surface area contributed by atoms with E-state index in [2.05, 4.69) is 15.7 Å². The number of carboxylic acids is 1. The molecule has 48 heavy (non-hydrogen) atoms. The maximum Gasteiger partial charge on any atom is 0.407 e. The lowest BCUT2D eigenvalue weighted by molar-refractivity contribution is -0.140. The largest absolute Gasteiger partial charge is 0.481 e. The summed E-state index contributed by atoms with van der Waals surface area (Å²) in [5.41, 5.74) is -0.0883. The van der Waals surface area contributed by atoms with E-state index in [1.54, 1.807) is 0 Å². The van der Waals surface area contributed by atoms with Gasteiger partial charge in [0.15, 0.2) is 12.3 Å². The lowest BCUT2D eigenvalue weighted by atomic mass is 9.93. The van der Waals surface area contributed by atoms with Crippen LogP contribution in [0.15, 0.2) is 30.3 Å². The van der Waals surface area contributed by atoms with Crippen molar-refractivity contribution in [3.63, 3.8) is 0 Å². The molecule has 0 unspecified atom stereocenters. The van der Waals surface area contributed by atoms with Crippen LogP contribution in [0.25, 0.3) is 5.69 Å². The quantitative estimate of drug-likeness (QED) is 0.250. The van der Waals surface area contributed by atoms with Crippen molar-refractivity contribution in [2.75, 3.05) is 39.3 Å². The maximum atomic E-state index is 14.2. The first-order valence-electron chi connectivity index (χ1n) is 15.9. The van der Waals surface area contributed by atoms with E-state index in [4.69, 9.17) is 4.74 Å². The van der Waals surface area contributed by atoms with Gasteiger partial charge in [-0.25, -0.2) is 13.9 Å². The summed E-state index contributed by atoms with van der Waals surface area (Å²) in [6, 6.07) is 4.71. The van der Waals surface area contributed by atoms with E-state index >= 15 is 0 Å². The molecule has 0 spiro atoms. The molecule has 0 radical (unpaired) electrons. The average molecular weight is 672 g/mol. The van der Waals surface area contributed by atoms with Gasteiger partial charge in [-0.2, -0.15) is 5.10 Å². The molecule has 2 aromatic rings. The van der Waals surface area contributed by atoms with Gasteiger partial charge in [-0.15, -0.1) is 0 Å². The fraction of sp³-hybridized carbons (Fsp3) is 0.516. The summed E-state index contributed by atoms with van der Waals surface area (Å²) in [6.07, 6.45) is 2.24. The van der Waals surface area contributed by atoms with Crippen LogP contribution >= 0.6 is 0 Å². The SMILES string of the molecule is O=C(O)CC[C@H](NC(=O)c1cc(OCC(=O)N2CCC[C@H]2C(=O)NC2CCC2)n(-c2cccc(F)c2)n1)C(=O)N1CCN(C(=O)O)CC1. The van der Waals surface area contributed by atoms with Crippen molar-refractivity contribution in [1.29, 1.82) is 0 Å². The summed E-state index contributed by atoms with van der Waals surface area (Å²) in [5, 5.41) is 28.2. The first-order valence-corrected chi connectivity index (χ1v) is 15.9. The molecule has 4 N–H and O–H groups in total. The number of ether oxygens (including phenoxy) is 1. The van der Waals surface area contributed by atoms with Gasteiger partial charge in [0, 0.05) is 51.3 Å². The Balaban J connectivity index is 1.31. The predicted molar refractivity (Wildman–Crippen MR) is 164 cm³/mol. The molecule has 17 heteroatoms. The van der Waals surface area contributed by atoms with E-state index in [9.17, 15) is 43.4 Å². The second-order valence-electron chi connectivity index (χ2n) is 12.0. The molecule has 0 bridgehead atoms. The minimum absolute atomic E-state index is 0.0570. The molecular formula is C31H38FN7O9. The van der Waals surface area contributed by atoms with Crippen LogP contribution in [0.5, 0.6) is 5.88 Å². The highest BCUT2D eigenvalue weighted by molar-refractivity contribution is 5.96. The van der Waals surface area contributed by atoms with Gasteiger partial charge in [0.05, 0.1) is 5.69 Å². The molecule has 258 valence electrons. The smallest absolute Gasteiger partial charge is 0.407 e. The Kier molecular flexibility index (Phi) is 10.8. The summed E-state index contributed by atoms with van der Waals surface area (Å²) in [5.74, 6) is -3.98. The highest BCUT2D eigenvalue weighted by Crippen LogP contribution is 2.24. The Morgan fingerprint density at radius 3 is 2.33 bits per heavy atom. The van der Waals surface area contributed by atoms with Crippen molar-refractivity contribution in [2.24, 2.45) is 0 Å². The third-order valence-electron chi connectivity index (χ3n) is 8.75. The topological polar surface area (TPSA) is 204 Å². The van der Waals surface area contributed by atoms with Crippen molar-refractivity contribution in [3.05, 3.63) is 41.8 Å². The molecular weight excluding hydrogens is 633 g/mol. The number of piperazine rings is 1. The van der Waals surface area contributed by atoms with Crippen molar-refractivity contribution in [2.45, 2.75) is 63.1 Å². The molecule has 3 heterocycles. The van der Waals surface area contributed by atoms with Crippen LogP contribution in [-0.4, -0.2) is 128 Å². The summed E-state index contributed by atoms with van der Waals surface area (Å²) >= 11 is 0. The standard InChI is InChI=1S/C31H38FN7O9/c32-19-4-1-7-21(16-19)39-26(48-18-25(40)38-11-3-8-24(38)29(44)33-20-5-2-6-20)17-23(35-39)28(43)34-22(9-10-27(41)42)30(45)36-12-14-37(15-13-36)31(46)47/h1,4,7,16-17,20,22,24H,2-3,5-6,8-15,18H2,(H,33,44)(H,34,43)(H,41,42)(H,46,47)/t22-,24-/m0/s1. The lowest BCUT2D eigenvalue weighted by Crippen LogP contribution is -2.55. The highest BCUT2D eigenvalue weighted by Gasteiger charge is 2.36. The van der Waals surface area contributed by atoms with E-state index in [1.165, 1.54) is 34.1 Å². The first-order chi connectivity index (χ1) is 23.0. The third-order valence-corrected chi connectivity index (χ3v) is 8.75. The number of halogens is 1. The lowest BCUT2D eigenvalue weighted by Gasteiger charge is -2.35. The van der Waals surface area contributed by atoms with E-state index in [0.29, 0.717) is 19.4 Å². The minimum Gasteiger partial charge on any atom is -0.481 e. The Morgan fingerprint density at radius 2 is 1.69 bits per heavy atom. The van der Waals surface area contributed by atoms with Gasteiger partial charge in [-0.05, 0) is 56.7 Å². The second-order valence-corrected chi connectivity index (χ2v) is 12.0. The summed E-state index contributed by atoms with van der Waals surface area (Å²) < 4.78 is 21.1. The summed E-state index contributed by atoms with van der Waals surface area (Å²) in [7, 11) is 0. The normalized spacial score (nSPS) is 18.5. The number of likely N-dealkylation sites (tertiary alicyclic amines) is 1. The van der Waals surface area contributed by atoms with E-state index in [1.807, 2.05) is 0 Å². The second kappa shape index (κ2) is 15.1. The van der Waals surface area contributed by atoms with Crippen LogP contribution < -0.4 is 15.4 Å². The van der Waals surface area contributed by atoms with Crippen molar-refractivity contribution in [3.8, 4) is 11.6 Å². The molecule has 1 aromatic carbocycles. The number of hydrogen-bond acceptors (Lipinski definition) is 8. The fourth-order valence-electron chi connectivity index (χ4n) is 5.87.